The molecule has 0 fully saturated rings. The molecule has 1 aromatic rings. The molecule has 6 nitrogen and oxygen atoms in total. The topological polar surface area (TPSA) is 83.1 Å². The lowest BCUT2D eigenvalue weighted by Crippen LogP contribution is -2.30. The molecule has 0 aliphatic heterocycles. The first-order chi connectivity index (χ1) is 8.95. The molecule has 0 saturated carbocycles. The van der Waals surface area contributed by atoms with Crippen LogP contribution in [0.3, 0.4) is 0 Å². The summed E-state index contributed by atoms with van der Waals surface area (Å²) in [5.74, 6) is 0.564. The predicted molar refractivity (Wildman–Crippen MR) is 73.2 cm³/mol. The highest BCUT2D eigenvalue weighted by atomic mass is 35.5. The Morgan fingerprint density at radius 3 is 2.84 bits per heavy atom. The molecule has 0 aromatic carbocycles. The van der Waals surface area contributed by atoms with Crippen LogP contribution in [0.5, 0.6) is 0 Å². The Labute approximate surface area is 116 Å². The molecule has 0 atom stereocenters. The van der Waals surface area contributed by atoms with Crippen molar-refractivity contribution in [3.63, 3.8) is 0 Å². The average Bonchev–Trinajstić information content (AvgIpc) is 2.34. The molecule has 0 spiro atoms. The Morgan fingerprint density at radius 2 is 2.32 bits per heavy atom. The van der Waals surface area contributed by atoms with E-state index >= 15 is 0 Å². The summed E-state index contributed by atoms with van der Waals surface area (Å²) < 4.78 is 0. The maximum atomic E-state index is 11.1. The van der Waals surface area contributed by atoms with Crippen LogP contribution >= 0.6 is 11.6 Å². The van der Waals surface area contributed by atoms with Crippen molar-refractivity contribution >= 4 is 23.1 Å². The van der Waals surface area contributed by atoms with Gasteiger partial charge in [0.2, 0.25) is 5.82 Å². The van der Waals surface area contributed by atoms with Crippen LogP contribution in [0.2, 0.25) is 5.02 Å². The zero-order valence-corrected chi connectivity index (χ0v) is 11.6. The number of nitrogens with zero attached hydrogens (tertiary/aromatic N) is 4. The predicted octanol–water partition coefficient (Wildman–Crippen LogP) is 3.02. The summed E-state index contributed by atoms with van der Waals surface area (Å²) in [6.45, 7) is 5.00. The van der Waals surface area contributed by atoms with Crippen LogP contribution < -0.4 is 4.90 Å². The molecule has 0 N–H and O–H groups in total. The summed E-state index contributed by atoms with van der Waals surface area (Å²) in [6, 6.07) is 3.32. The maximum Gasteiger partial charge on any atom is 0.313 e. The second-order valence-electron chi connectivity index (χ2n) is 4.50. The fraction of sp³-hybridized carbons (Fsp3) is 0.500. The van der Waals surface area contributed by atoms with Gasteiger partial charge in [0.25, 0.3) is 0 Å². The van der Waals surface area contributed by atoms with Crippen molar-refractivity contribution in [1.82, 2.24) is 4.98 Å². The smallest absolute Gasteiger partial charge is 0.313 e. The normalized spacial score (nSPS) is 10.3. The highest BCUT2D eigenvalue weighted by molar-refractivity contribution is 6.30. The highest BCUT2D eigenvalue weighted by Crippen LogP contribution is 2.28. The van der Waals surface area contributed by atoms with Crippen molar-refractivity contribution in [2.45, 2.75) is 20.3 Å². The molecule has 0 bridgehead atoms. The largest absolute Gasteiger partial charge is 0.350 e. The molecule has 1 aromatic heterocycles. The fourth-order valence-electron chi connectivity index (χ4n) is 1.71. The minimum Gasteiger partial charge on any atom is -0.350 e. The number of hydrogen-bond donors (Lipinski definition) is 0. The number of nitriles is 1. The van der Waals surface area contributed by atoms with E-state index in [9.17, 15) is 10.1 Å². The van der Waals surface area contributed by atoms with Gasteiger partial charge in [-0.3, -0.25) is 10.1 Å². The van der Waals surface area contributed by atoms with E-state index in [1.165, 1.54) is 12.3 Å². The standard InChI is InChI=1S/C12H15ClN4O2/c1-9(2)8-16(5-3-4-14)12-11(17(18)19)6-10(13)7-15-12/h6-7,9H,3,5,8H2,1-2H3. The van der Waals surface area contributed by atoms with E-state index in [4.69, 9.17) is 16.9 Å². The van der Waals surface area contributed by atoms with Gasteiger partial charge in [0.15, 0.2) is 0 Å². The SMILES string of the molecule is CC(C)CN(CCC#N)c1ncc(Cl)cc1[N+](=O)[O-]. The first kappa shape index (κ1) is 15.2. The van der Waals surface area contributed by atoms with Crippen LogP contribution in [0.25, 0.3) is 0 Å². The van der Waals surface area contributed by atoms with E-state index in [1.807, 2.05) is 19.9 Å². The van der Waals surface area contributed by atoms with Gasteiger partial charge >= 0.3 is 5.69 Å². The van der Waals surface area contributed by atoms with Crippen LogP contribution in [-0.4, -0.2) is 23.0 Å². The van der Waals surface area contributed by atoms with Crippen molar-refractivity contribution in [3.05, 3.63) is 27.4 Å². The Morgan fingerprint density at radius 1 is 1.63 bits per heavy atom. The van der Waals surface area contributed by atoms with E-state index in [2.05, 4.69) is 4.98 Å². The van der Waals surface area contributed by atoms with Gasteiger partial charge in [0.1, 0.15) is 0 Å². The van der Waals surface area contributed by atoms with Crippen LogP contribution in [0.1, 0.15) is 20.3 Å². The molecule has 0 unspecified atom stereocenters. The Kier molecular flexibility index (Phi) is 5.52. The molecular formula is C12H15ClN4O2. The lowest BCUT2D eigenvalue weighted by atomic mass is 10.2. The minimum atomic E-state index is -0.506. The number of pyridine rings is 1. The summed E-state index contributed by atoms with van der Waals surface area (Å²) in [6.07, 6.45) is 1.66. The average molecular weight is 283 g/mol. The summed E-state index contributed by atoms with van der Waals surface area (Å²) in [5, 5.41) is 19.9. The fourth-order valence-corrected chi connectivity index (χ4v) is 1.86. The van der Waals surface area contributed by atoms with E-state index in [-0.39, 0.29) is 22.9 Å². The van der Waals surface area contributed by atoms with Crippen LogP contribution in [0, 0.1) is 27.4 Å². The number of aromatic nitrogens is 1. The Hall–Kier alpha value is -1.87. The van der Waals surface area contributed by atoms with Gasteiger partial charge in [0.05, 0.1) is 22.4 Å². The molecule has 1 heterocycles. The van der Waals surface area contributed by atoms with Gasteiger partial charge in [-0.25, -0.2) is 4.98 Å². The number of rotatable bonds is 6. The summed E-state index contributed by atoms with van der Waals surface area (Å²) in [7, 11) is 0. The Balaban J connectivity index is 3.13. The quantitative estimate of drug-likeness (QED) is 0.591. The zero-order chi connectivity index (χ0) is 14.4. The first-order valence-corrected chi connectivity index (χ1v) is 6.25. The third-order valence-electron chi connectivity index (χ3n) is 2.39. The van der Waals surface area contributed by atoms with Crippen LogP contribution in [0.4, 0.5) is 11.5 Å². The summed E-state index contributed by atoms with van der Waals surface area (Å²) >= 11 is 5.74. The molecule has 7 heteroatoms. The highest BCUT2D eigenvalue weighted by Gasteiger charge is 2.22. The van der Waals surface area contributed by atoms with Gasteiger partial charge < -0.3 is 4.90 Å². The molecule has 19 heavy (non-hydrogen) atoms. The molecule has 1 rings (SSSR count). The third kappa shape index (κ3) is 4.38. The molecule has 0 radical (unpaired) electrons. The van der Waals surface area contributed by atoms with E-state index < -0.39 is 4.92 Å². The number of hydrogen-bond acceptors (Lipinski definition) is 5. The number of nitro groups is 1. The van der Waals surface area contributed by atoms with Gasteiger partial charge in [-0.05, 0) is 5.92 Å². The molecule has 102 valence electrons. The number of halogens is 1. The van der Waals surface area contributed by atoms with Crippen molar-refractivity contribution in [2.24, 2.45) is 5.92 Å². The summed E-state index contributed by atoms with van der Waals surface area (Å²) in [5.41, 5.74) is -0.133. The van der Waals surface area contributed by atoms with Crippen molar-refractivity contribution in [3.8, 4) is 6.07 Å². The molecular weight excluding hydrogens is 268 g/mol. The van der Waals surface area contributed by atoms with Gasteiger partial charge in [0, 0.05) is 25.4 Å². The maximum absolute atomic E-state index is 11.1. The number of anilines is 1. The second-order valence-corrected chi connectivity index (χ2v) is 4.94. The van der Waals surface area contributed by atoms with Crippen molar-refractivity contribution in [1.29, 1.82) is 5.26 Å². The molecule has 0 amide bonds. The summed E-state index contributed by atoms with van der Waals surface area (Å²) in [4.78, 5) is 16.3. The zero-order valence-electron chi connectivity index (χ0n) is 10.8. The van der Waals surface area contributed by atoms with Crippen LogP contribution in [0.15, 0.2) is 12.3 Å². The van der Waals surface area contributed by atoms with Crippen molar-refractivity contribution < 1.29 is 4.92 Å². The molecule has 0 aliphatic rings. The van der Waals surface area contributed by atoms with E-state index in [1.54, 1.807) is 4.90 Å². The van der Waals surface area contributed by atoms with Gasteiger partial charge in [-0.15, -0.1) is 0 Å². The van der Waals surface area contributed by atoms with E-state index in [0.717, 1.165) is 0 Å². The van der Waals surface area contributed by atoms with Gasteiger partial charge in [-0.2, -0.15) is 5.26 Å². The molecule has 0 saturated heterocycles. The van der Waals surface area contributed by atoms with Crippen LogP contribution in [-0.2, 0) is 0 Å². The third-order valence-corrected chi connectivity index (χ3v) is 2.60. The monoisotopic (exact) mass is 282 g/mol. The first-order valence-electron chi connectivity index (χ1n) is 5.87. The second kappa shape index (κ2) is 6.90. The minimum absolute atomic E-state index is 0.133. The van der Waals surface area contributed by atoms with Crippen molar-refractivity contribution in [2.75, 3.05) is 18.0 Å². The van der Waals surface area contributed by atoms with Gasteiger partial charge in [-0.1, -0.05) is 25.4 Å². The van der Waals surface area contributed by atoms with E-state index in [0.29, 0.717) is 19.0 Å². The lowest BCUT2D eigenvalue weighted by Gasteiger charge is -2.24. The Bertz CT molecular complexity index is 499. The molecule has 0 aliphatic carbocycles. The lowest BCUT2D eigenvalue weighted by molar-refractivity contribution is -0.384.